The number of ether oxygens (including phenoxy) is 1. The zero-order valence-electron chi connectivity index (χ0n) is 11.1. The summed E-state index contributed by atoms with van der Waals surface area (Å²) in [5.74, 6) is 1.28. The van der Waals surface area contributed by atoms with E-state index in [9.17, 15) is 0 Å². The molecule has 1 N–H and O–H groups in total. The van der Waals surface area contributed by atoms with E-state index < -0.39 is 0 Å². The van der Waals surface area contributed by atoms with Gasteiger partial charge in [0.2, 0.25) is 5.88 Å². The first-order valence-corrected chi connectivity index (χ1v) is 7.38. The van der Waals surface area contributed by atoms with Gasteiger partial charge in [-0.05, 0) is 37.1 Å². The molecule has 100 valence electrons. The predicted octanol–water partition coefficient (Wildman–Crippen LogP) is 3.10. The Balaban J connectivity index is 1.98. The molecule has 0 spiro atoms. The maximum Gasteiger partial charge on any atom is 0.237 e. The van der Waals surface area contributed by atoms with Crippen molar-refractivity contribution < 1.29 is 4.74 Å². The summed E-state index contributed by atoms with van der Waals surface area (Å²) in [5, 5.41) is 3.20. The topological polar surface area (TPSA) is 47.0 Å². The molecule has 4 nitrogen and oxygen atoms in total. The van der Waals surface area contributed by atoms with Crippen LogP contribution in [0.3, 0.4) is 0 Å². The van der Waals surface area contributed by atoms with Crippen molar-refractivity contribution in [2.75, 3.05) is 12.8 Å². The van der Waals surface area contributed by atoms with E-state index in [0.717, 1.165) is 24.5 Å². The van der Waals surface area contributed by atoms with Gasteiger partial charge >= 0.3 is 0 Å². The van der Waals surface area contributed by atoms with Gasteiger partial charge in [0.25, 0.3) is 0 Å². The number of benzene rings is 1. The first-order chi connectivity index (χ1) is 9.31. The minimum Gasteiger partial charge on any atom is -0.438 e. The van der Waals surface area contributed by atoms with Crippen LogP contribution in [0.2, 0.25) is 0 Å². The number of nitrogens with zero attached hydrogens (tertiary/aromatic N) is 2. The van der Waals surface area contributed by atoms with Gasteiger partial charge in [-0.15, -0.1) is 11.8 Å². The molecule has 1 aromatic carbocycles. The van der Waals surface area contributed by atoms with E-state index >= 15 is 0 Å². The summed E-state index contributed by atoms with van der Waals surface area (Å²) in [6, 6.07) is 7.90. The van der Waals surface area contributed by atoms with Crippen LogP contribution >= 0.6 is 11.8 Å². The van der Waals surface area contributed by atoms with Crippen molar-refractivity contribution in [1.82, 2.24) is 15.3 Å². The monoisotopic (exact) mass is 275 g/mol. The average molecular weight is 275 g/mol. The van der Waals surface area contributed by atoms with Crippen molar-refractivity contribution in [3.63, 3.8) is 0 Å². The SMILES string of the molecule is CCNCc1cnc(Oc2ccc(SC)cc2)cn1. The van der Waals surface area contributed by atoms with Gasteiger partial charge in [-0.3, -0.25) is 4.98 Å². The molecule has 0 saturated carbocycles. The summed E-state index contributed by atoms with van der Waals surface area (Å²) in [6.07, 6.45) is 5.42. The number of hydrogen-bond donors (Lipinski definition) is 1. The van der Waals surface area contributed by atoms with Crippen LogP contribution in [-0.2, 0) is 6.54 Å². The maximum atomic E-state index is 5.63. The second-order valence-corrected chi connectivity index (χ2v) is 4.78. The van der Waals surface area contributed by atoms with Gasteiger partial charge in [-0.25, -0.2) is 4.98 Å². The summed E-state index contributed by atoms with van der Waals surface area (Å²) in [7, 11) is 0. The molecule has 0 atom stereocenters. The first-order valence-electron chi connectivity index (χ1n) is 6.15. The normalized spacial score (nSPS) is 10.4. The molecule has 0 radical (unpaired) electrons. The number of aromatic nitrogens is 2. The highest BCUT2D eigenvalue weighted by Gasteiger charge is 2.00. The summed E-state index contributed by atoms with van der Waals surface area (Å²) >= 11 is 1.70. The predicted molar refractivity (Wildman–Crippen MR) is 77.7 cm³/mol. The van der Waals surface area contributed by atoms with Gasteiger partial charge in [-0.2, -0.15) is 0 Å². The lowest BCUT2D eigenvalue weighted by Gasteiger charge is -2.06. The largest absolute Gasteiger partial charge is 0.438 e. The molecule has 19 heavy (non-hydrogen) atoms. The maximum absolute atomic E-state index is 5.63. The van der Waals surface area contributed by atoms with Crippen LogP contribution in [0.5, 0.6) is 11.6 Å². The summed E-state index contributed by atoms with van der Waals surface area (Å²) in [4.78, 5) is 9.74. The molecule has 0 bridgehead atoms. The second-order valence-electron chi connectivity index (χ2n) is 3.90. The third-order valence-electron chi connectivity index (χ3n) is 2.52. The fraction of sp³-hybridized carbons (Fsp3) is 0.286. The third kappa shape index (κ3) is 4.22. The molecule has 0 fully saturated rings. The van der Waals surface area contributed by atoms with Crippen molar-refractivity contribution in [2.45, 2.75) is 18.4 Å². The van der Waals surface area contributed by atoms with Crippen LogP contribution in [0.15, 0.2) is 41.6 Å². The molecule has 2 rings (SSSR count). The summed E-state index contributed by atoms with van der Waals surface area (Å²) in [5.41, 5.74) is 0.909. The highest BCUT2D eigenvalue weighted by molar-refractivity contribution is 7.98. The Morgan fingerprint density at radius 1 is 1.16 bits per heavy atom. The molecule has 0 aliphatic heterocycles. The van der Waals surface area contributed by atoms with Crippen molar-refractivity contribution in [1.29, 1.82) is 0 Å². The molecule has 2 aromatic rings. The Labute approximate surface area is 117 Å². The molecule has 0 unspecified atom stereocenters. The molecule has 0 aliphatic rings. The van der Waals surface area contributed by atoms with Gasteiger partial charge < -0.3 is 10.1 Å². The van der Waals surface area contributed by atoms with Crippen LogP contribution in [-0.4, -0.2) is 22.8 Å². The Kier molecular flexibility index (Phi) is 5.18. The quantitative estimate of drug-likeness (QED) is 0.821. The lowest BCUT2D eigenvalue weighted by molar-refractivity contribution is 0.458. The van der Waals surface area contributed by atoms with E-state index in [1.54, 1.807) is 24.2 Å². The van der Waals surface area contributed by atoms with Crippen molar-refractivity contribution in [2.24, 2.45) is 0 Å². The van der Waals surface area contributed by atoms with Gasteiger partial charge in [-0.1, -0.05) is 6.92 Å². The number of thioether (sulfide) groups is 1. The number of rotatable bonds is 6. The third-order valence-corrected chi connectivity index (χ3v) is 3.26. The first kappa shape index (κ1) is 13.8. The van der Waals surface area contributed by atoms with Crippen molar-refractivity contribution in [3.05, 3.63) is 42.4 Å². The Bertz CT molecular complexity index is 499. The van der Waals surface area contributed by atoms with Gasteiger partial charge in [0, 0.05) is 11.4 Å². The van der Waals surface area contributed by atoms with Gasteiger partial charge in [0.1, 0.15) is 5.75 Å². The van der Waals surface area contributed by atoms with E-state index in [0.29, 0.717) is 5.88 Å². The molecular formula is C14H17N3OS. The van der Waals surface area contributed by atoms with Crippen LogP contribution in [0.4, 0.5) is 0 Å². The van der Waals surface area contributed by atoms with Gasteiger partial charge in [0.15, 0.2) is 0 Å². The number of hydrogen-bond acceptors (Lipinski definition) is 5. The van der Waals surface area contributed by atoms with E-state index in [-0.39, 0.29) is 0 Å². The van der Waals surface area contributed by atoms with Crippen LogP contribution in [0, 0.1) is 0 Å². The highest BCUT2D eigenvalue weighted by Crippen LogP contribution is 2.22. The fourth-order valence-corrected chi connectivity index (χ4v) is 1.91. The van der Waals surface area contributed by atoms with Crippen LogP contribution in [0.25, 0.3) is 0 Å². The molecule has 0 amide bonds. The minimum absolute atomic E-state index is 0.511. The van der Waals surface area contributed by atoms with Crippen molar-refractivity contribution >= 4 is 11.8 Å². The molecule has 5 heteroatoms. The van der Waals surface area contributed by atoms with Crippen LogP contribution < -0.4 is 10.1 Å². The molecular weight excluding hydrogens is 258 g/mol. The Morgan fingerprint density at radius 3 is 2.53 bits per heavy atom. The highest BCUT2D eigenvalue weighted by atomic mass is 32.2. The summed E-state index contributed by atoms with van der Waals surface area (Å²) in [6.45, 7) is 3.71. The van der Waals surface area contributed by atoms with Crippen molar-refractivity contribution in [3.8, 4) is 11.6 Å². The summed E-state index contributed by atoms with van der Waals surface area (Å²) < 4.78 is 5.63. The van der Waals surface area contributed by atoms with E-state index in [1.165, 1.54) is 4.90 Å². The standard InChI is InChI=1S/C14H17N3OS/c1-3-15-8-11-9-17-14(10-16-11)18-12-4-6-13(19-2)7-5-12/h4-7,9-10,15H,3,8H2,1-2H3. The molecule has 1 aromatic heterocycles. The zero-order chi connectivity index (χ0) is 13.5. The molecule has 0 saturated heterocycles. The van der Waals surface area contributed by atoms with E-state index in [1.807, 2.05) is 30.5 Å². The fourth-order valence-electron chi connectivity index (χ4n) is 1.50. The lowest BCUT2D eigenvalue weighted by Crippen LogP contribution is -2.13. The van der Waals surface area contributed by atoms with E-state index in [2.05, 4.69) is 22.2 Å². The van der Waals surface area contributed by atoms with Crippen LogP contribution in [0.1, 0.15) is 12.6 Å². The Morgan fingerprint density at radius 2 is 1.95 bits per heavy atom. The lowest BCUT2D eigenvalue weighted by atomic mass is 10.3. The number of nitrogens with one attached hydrogen (secondary N) is 1. The van der Waals surface area contributed by atoms with E-state index in [4.69, 9.17) is 4.74 Å². The smallest absolute Gasteiger partial charge is 0.237 e. The average Bonchev–Trinajstić information content (AvgIpc) is 2.47. The zero-order valence-corrected chi connectivity index (χ0v) is 11.9. The Hall–Kier alpha value is -1.59. The molecule has 1 heterocycles. The molecule has 0 aliphatic carbocycles. The van der Waals surface area contributed by atoms with Gasteiger partial charge in [0.05, 0.1) is 18.1 Å². The minimum atomic E-state index is 0.511. The second kappa shape index (κ2) is 7.11.